The van der Waals surface area contributed by atoms with E-state index in [1.165, 1.54) is 10.6 Å². The Morgan fingerprint density at radius 1 is 1.08 bits per heavy atom. The van der Waals surface area contributed by atoms with Gasteiger partial charge in [0, 0.05) is 32.7 Å². The number of rotatable bonds is 5. The van der Waals surface area contributed by atoms with Crippen molar-refractivity contribution in [2.24, 2.45) is 5.92 Å². The average Bonchev–Trinajstić information content (AvgIpc) is 2.53. The lowest BCUT2D eigenvalue weighted by atomic mass is 10.1. The predicted molar refractivity (Wildman–Crippen MR) is 93.4 cm³/mol. The quantitative estimate of drug-likeness (QED) is 0.799. The molecule has 0 unspecified atom stereocenters. The number of ether oxygens (including phenoxy) is 1. The van der Waals surface area contributed by atoms with Gasteiger partial charge in [0.2, 0.25) is 10.0 Å². The Labute approximate surface area is 145 Å². The highest BCUT2D eigenvalue weighted by Gasteiger charge is 2.29. The predicted octanol–water partition coefficient (Wildman–Crippen LogP) is 1.26. The Hall–Kier alpha value is -0.860. The zero-order chi connectivity index (χ0) is 17.7. The normalized spacial score (nSPS) is 22.1. The molecule has 2 amide bonds. The summed E-state index contributed by atoms with van der Waals surface area (Å²) in [6.45, 7) is 7.38. The fourth-order valence-corrected chi connectivity index (χ4v) is 4.04. The molecule has 0 atom stereocenters. The molecule has 24 heavy (non-hydrogen) atoms. The Balaban J connectivity index is 1.68. The zero-order valence-corrected chi connectivity index (χ0v) is 15.8. The molecule has 140 valence electrons. The van der Waals surface area contributed by atoms with Crippen molar-refractivity contribution in [2.75, 3.05) is 39.0 Å². The minimum Gasteiger partial charge on any atom is -0.375 e. The molecule has 2 heterocycles. The lowest BCUT2D eigenvalue weighted by Gasteiger charge is -2.36. The molecule has 2 aliphatic heterocycles. The summed E-state index contributed by atoms with van der Waals surface area (Å²) in [5.74, 6) is 0.452. The number of carbonyl (C=O) groups is 1. The summed E-state index contributed by atoms with van der Waals surface area (Å²) in [6.07, 6.45) is 4.77. The van der Waals surface area contributed by atoms with Crippen molar-refractivity contribution in [3.05, 3.63) is 0 Å². The molecule has 0 radical (unpaired) electrons. The first-order chi connectivity index (χ1) is 11.3. The number of piperidine rings is 2. The second kappa shape index (κ2) is 8.49. The van der Waals surface area contributed by atoms with Gasteiger partial charge in [-0.05, 0) is 31.6 Å². The SMILES string of the molecule is CC(C)CNC(=O)N1CCC(OC2CCN(S(C)(=O)=O)CC2)CC1. The second-order valence-corrected chi connectivity index (χ2v) is 9.25. The Morgan fingerprint density at radius 2 is 1.58 bits per heavy atom. The molecule has 0 aromatic heterocycles. The van der Waals surface area contributed by atoms with E-state index < -0.39 is 10.0 Å². The van der Waals surface area contributed by atoms with Gasteiger partial charge in [-0.3, -0.25) is 0 Å². The van der Waals surface area contributed by atoms with Crippen LogP contribution in [0, 0.1) is 5.92 Å². The van der Waals surface area contributed by atoms with Crippen molar-refractivity contribution in [3.63, 3.8) is 0 Å². The van der Waals surface area contributed by atoms with E-state index in [-0.39, 0.29) is 18.2 Å². The van der Waals surface area contributed by atoms with E-state index in [0.717, 1.165) is 38.8 Å². The van der Waals surface area contributed by atoms with E-state index in [4.69, 9.17) is 4.74 Å². The van der Waals surface area contributed by atoms with Crippen molar-refractivity contribution in [1.82, 2.24) is 14.5 Å². The van der Waals surface area contributed by atoms with E-state index in [0.29, 0.717) is 25.6 Å². The van der Waals surface area contributed by atoms with Gasteiger partial charge in [0.25, 0.3) is 0 Å². The number of urea groups is 1. The lowest BCUT2D eigenvalue weighted by molar-refractivity contribution is -0.0546. The first-order valence-electron chi connectivity index (χ1n) is 8.89. The van der Waals surface area contributed by atoms with Crippen LogP contribution in [-0.2, 0) is 14.8 Å². The van der Waals surface area contributed by atoms with Crippen LogP contribution in [0.15, 0.2) is 0 Å². The smallest absolute Gasteiger partial charge is 0.317 e. The maximum Gasteiger partial charge on any atom is 0.317 e. The van der Waals surface area contributed by atoms with Crippen LogP contribution in [-0.4, -0.2) is 74.8 Å². The highest BCUT2D eigenvalue weighted by molar-refractivity contribution is 7.88. The Bertz CT molecular complexity index is 507. The van der Waals surface area contributed by atoms with Crippen molar-refractivity contribution >= 4 is 16.1 Å². The number of nitrogens with one attached hydrogen (secondary N) is 1. The highest BCUT2D eigenvalue weighted by Crippen LogP contribution is 2.22. The topological polar surface area (TPSA) is 79.0 Å². The van der Waals surface area contributed by atoms with Gasteiger partial charge in [0.1, 0.15) is 0 Å². The maximum atomic E-state index is 12.0. The van der Waals surface area contributed by atoms with Crippen LogP contribution in [0.2, 0.25) is 0 Å². The summed E-state index contributed by atoms with van der Waals surface area (Å²) >= 11 is 0. The molecule has 2 saturated heterocycles. The fourth-order valence-electron chi connectivity index (χ4n) is 3.17. The van der Waals surface area contributed by atoms with Crippen LogP contribution in [0.5, 0.6) is 0 Å². The fraction of sp³-hybridized carbons (Fsp3) is 0.938. The number of nitrogens with zero attached hydrogens (tertiary/aromatic N) is 2. The standard InChI is InChI=1S/C16H31N3O4S/c1-13(2)12-17-16(20)18-8-4-14(5-9-18)23-15-6-10-19(11-7-15)24(3,21)22/h13-15H,4-12H2,1-3H3,(H,17,20). The summed E-state index contributed by atoms with van der Waals surface area (Å²) in [7, 11) is -3.08. The van der Waals surface area contributed by atoms with Gasteiger partial charge in [-0.2, -0.15) is 0 Å². The van der Waals surface area contributed by atoms with Crippen LogP contribution in [0.4, 0.5) is 4.79 Å². The summed E-state index contributed by atoms with van der Waals surface area (Å²) in [5, 5.41) is 2.95. The van der Waals surface area contributed by atoms with Crippen LogP contribution in [0.1, 0.15) is 39.5 Å². The van der Waals surface area contributed by atoms with Crippen LogP contribution >= 0.6 is 0 Å². The lowest BCUT2D eigenvalue weighted by Crippen LogP contribution is -2.48. The van der Waals surface area contributed by atoms with Gasteiger partial charge in [0.15, 0.2) is 0 Å². The molecule has 8 heteroatoms. The number of hydrogen-bond donors (Lipinski definition) is 1. The minimum atomic E-state index is -3.08. The second-order valence-electron chi connectivity index (χ2n) is 7.26. The molecule has 0 spiro atoms. The number of sulfonamides is 1. The number of hydrogen-bond acceptors (Lipinski definition) is 4. The molecule has 2 rings (SSSR count). The first kappa shape index (κ1) is 19.5. The molecule has 0 bridgehead atoms. The summed E-state index contributed by atoms with van der Waals surface area (Å²) in [4.78, 5) is 13.9. The molecule has 0 aromatic carbocycles. The molecule has 7 nitrogen and oxygen atoms in total. The van der Waals surface area contributed by atoms with Gasteiger partial charge in [0.05, 0.1) is 18.5 Å². The molecule has 1 N–H and O–H groups in total. The van der Waals surface area contributed by atoms with Gasteiger partial charge in [-0.1, -0.05) is 13.8 Å². The van der Waals surface area contributed by atoms with Crippen molar-refractivity contribution in [3.8, 4) is 0 Å². The molecular weight excluding hydrogens is 330 g/mol. The highest BCUT2D eigenvalue weighted by atomic mass is 32.2. The third kappa shape index (κ3) is 5.89. The molecule has 2 aliphatic rings. The monoisotopic (exact) mass is 361 g/mol. The van der Waals surface area contributed by atoms with Gasteiger partial charge in [-0.25, -0.2) is 17.5 Å². The number of carbonyl (C=O) groups excluding carboxylic acids is 1. The van der Waals surface area contributed by atoms with E-state index >= 15 is 0 Å². The van der Waals surface area contributed by atoms with E-state index in [9.17, 15) is 13.2 Å². The molecule has 0 saturated carbocycles. The maximum absolute atomic E-state index is 12.0. The average molecular weight is 362 g/mol. The van der Waals surface area contributed by atoms with Gasteiger partial charge in [-0.15, -0.1) is 0 Å². The van der Waals surface area contributed by atoms with Crippen molar-refractivity contribution < 1.29 is 17.9 Å². The molecule has 2 fully saturated rings. The summed E-state index contributed by atoms with van der Waals surface area (Å²) in [6, 6.07) is 0.0172. The summed E-state index contributed by atoms with van der Waals surface area (Å²) in [5.41, 5.74) is 0. The third-order valence-electron chi connectivity index (χ3n) is 4.65. The van der Waals surface area contributed by atoms with Crippen LogP contribution in [0.3, 0.4) is 0 Å². The Morgan fingerprint density at radius 3 is 2.04 bits per heavy atom. The van der Waals surface area contributed by atoms with Crippen LogP contribution in [0.25, 0.3) is 0 Å². The number of likely N-dealkylation sites (tertiary alicyclic amines) is 1. The van der Waals surface area contributed by atoms with Crippen LogP contribution < -0.4 is 5.32 Å². The number of amides is 2. The summed E-state index contributed by atoms with van der Waals surface area (Å²) < 4.78 is 30.7. The van der Waals surface area contributed by atoms with Gasteiger partial charge < -0.3 is 15.0 Å². The van der Waals surface area contributed by atoms with Crippen molar-refractivity contribution in [2.45, 2.75) is 51.7 Å². The zero-order valence-electron chi connectivity index (χ0n) is 15.0. The largest absolute Gasteiger partial charge is 0.375 e. The van der Waals surface area contributed by atoms with Crippen molar-refractivity contribution in [1.29, 1.82) is 0 Å². The third-order valence-corrected chi connectivity index (χ3v) is 5.95. The molecular formula is C16H31N3O4S. The minimum absolute atomic E-state index is 0.0172. The molecule has 0 aromatic rings. The molecule has 0 aliphatic carbocycles. The van der Waals surface area contributed by atoms with Gasteiger partial charge >= 0.3 is 6.03 Å². The van der Waals surface area contributed by atoms with E-state index in [2.05, 4.69) is 19.2 Å². The van der Waals surface area contributed by atoms with E-state index in [1.54, 1.807) is 0 Å². The van der Waals surface area contributed by atoms with E-state index in [1.807, 2.05) is 4.90 Å². The Kier molecular flexibility index (Phi) is 6.88. The first-order valence-corrected chi connectivity index (χ1v) is 10.7.